The Morgan fingerprint density at radius 2 is 1.85 bits per heavy atom. The Morgan fingerprint density at radius 3 is 2.20 bits per heavy atom. The molecule has 0 aromatic carbocycles. The second kappa shape index (κ2) is 6.11. The fraction of sp³-hybridized carbons (Fsp3) is 0.846. The van der Waals surface area contributed by atoms with Crippen molar-refractivity contribution in [2.45, 2.75) is 45.6 Å². The second-order valence-electron chi connectivity index (χ2n) is 6.07. The SMILES string of the molecule is CC(C)N(CCC(=O)O)C(=O)CC1(CS(C)(=O)=O)CC1. The zero-order valence-corrected chi connectivity index (χ0v) is 13.1. The van der Waals surface area contributed by atoms with Gasteiger partial charge in [-0.1, -0.05) is 0 Å². The van der Waals surface area contributed by atoms with Gasteiger partial charge in [-0.2, -0.15) is 0 Å². The number of carboxylic acid groups (broad SMARTS) is 1. The molecule has 0 aromatic heterocycles. The summed E-state index contributed by atoms with van der Waals surface area (Å²) in [4.78, 5) is 24.4. The third-order valence-electron chi connectivity index (χ3n) is 3.56. The summed E-state index contributed by atoms with van der Waals surface area (Å²) in [7, 11) is -3.10. The summed E-state index contributed by atoms with van der Waals surface area (Å²) >= 11 is 0. The lowest BCUT2D eigenvalue weighted by atomic mass is 10.0. The summed E-state index contributed by atoms with van der Waals surface area (Å²) in [5.74, 6) is -1.06. The number of sulfone groups is 1. The second-order valence-corrected chi connectivity index (χ2v) is 8.21. The molecule has 0 unspecified atom stereocenters. The Bertz CT molecular complexity index is 479. The molecule has 0 atom stereocenters. The number of rotatable bonds is 8. The highest BCUT2D eigenvalue weighted by Crippen LogP contribution is 2.50. The summed E-state index contributed by atoms with van der Waals surface area (Å²) in [5.41, 5.74) is -0.416. The van der Waals surface area contributed by atoms with Crippen LogP contribution in [0.25, 0.3) is 0 Å². The lowest BCUT2D eigenvalue weighted by Gasteiger charge is -2.28. The maximum Gasteiger partial charge on any atom is 0.305 e. The Morgan fingerprint density at radius 1 is 1.30 bits per heavy atom. The molecule has 1 amide bonds. The van der Waals surface area contributed by atoms with Gasteiger partial charge in [0.1, 0.15) is 9.84 Å². The van der Waals surface area contributed by atoms with Crippen molar-refractivity contribution in [1.82, 2.24) is 4.90 Å². The van der Waals surface area contributed by atoms with Crippen LogP contribution >= 0.6 is 0 Å². The molecule has 1 saturated carbocycles. The van der Waals surface area contributed by atoms with Crippen molar-refractivity contribution in [3.8, 4) is 0 Å². The molecule has 0 radical (unpaired) electrons. The minimum Gasteiger partial charge on any atom is -0.481 e. The molecule has 1 N–H and O–H groups in total. The molecule has 0 aliphatic heterocycles. The molecule has 1 aliphatic carbocycles. The van der Waals surface area contributed by atoms with Gasteiger partial charge in [-0.05, 0) is 32.1 Å². The first-order chi connectivity index (χ1) is 9.05. The number of carbonyl (C=O) groups is 2. The number of amides is 1. The molecule has 116 valence electrons. The topological polar surface area (TPSA) is 91.8 Å². The highest BCUT2D eigenvalue weighted by Gasteiger charge is 2.47. The Hall–Kier alpha value is -1.11. The average molecular weight is 305 g/mol. The highest BCUT2D eigenvalue weighted by molar-refractivity contribution is 7.90. The predicted octanol–water partition coefficient (Wildman–Crippen LogP) is 0.913. The number of nitrogens with zero attached hydrogens (tertiary/aromatic N) is 1. The van der Waals surface area contributed by atoms with E-state index in [0.717, 1.165) is 12.8 Å². The van der Waals surface area contributed by atoms with Crippen molar-refractivity contribution >= 4 is 21.7 Å². The summed E-state index contributed by atoms with van der Waals surface area (Å²) in [6.45, 7) is 3.83. The van der Waals surface area contributed by atoms with Crippen LogP contribution in [0.15, 0.2) is 0 Å². The quantitative estimate of drug-likeness (QED) is 0.719. The van der Waals surface area contributed by atoms with E-state index in [1.165, 1.54) is 11.2 Å². The van der Waals surface area contributed by atoms with Crippen LogP contribution in [0.2, 0.25) is 0 Å². The zero-order chi connectivity index (χ0) is 15.6. The summed E-state index contributed by atoms with van der Waals surface area (Å²) in [6.07, 6.45) is 2.77. The van der Waals surface area contributed by atoms with Crippen molar-refractivity contribution in [1.29, 1.82) is 0 Å². The van der Waals surface area contributed by atoms with Crippen LogP contribution in [0.5, 0.6) is 0 Å². The smallest absolute Gasteiger partial charge is 0.305 e. The molecular formula is C13H23NO5S. The lowest BCUT2D eigenvalue weighted by Crippen LogP contribution is -2.40. The minimum absolute atomic E-state index is 0.0383. The third-order valence-corrected chi connectivity index (χ3v) is 4.70. The standard InChI is InChI=1S/C13H23NO5S/c1-10(2)14(7-4-12(16)17)11(15)8-13(5-6-13)9-20(3,18)19/h10H,4-9H2,1-3H3,(H,16,17). The van der Waals surface area contributed by atoms with E-state index in [0.29, 0.717) is 0 Å². The van der Waals surface area contributed by atoms with Crippen molar-refractivity contribution in [3.63, 3.8) is 0 Å². The van der Waals surface area contributed by atoms with Crippen LogP contribution in [-0.4, -0.2) is 54.9 Å². The number of carbonyl (C=O) groups excluding carboxylic acids is 1. The number of hydrogen-bond acceptors (Lipinski definition) is 4. The summed E-state index contributed by atoms with van der Waals surface area (Å²) in [6, 6.07) is -0.0871. The van der Waals surface area contributed by atoms with Gasteiger partial charge < -0.3 is 10.0 Å². The van der Waals surface area contributed by atoms with Crippen LogP contribution < -0.4 is 0 Å². The fourth-order valence-corrected chi connectivity index (χ4v) is 3.92. The Balaban J connectivity index is 2.65. The van der Waals surface area contributed by atoms with E-state index in [1.807, 2.05) is 13.8 Å². The van der Waals surface area contributed by atoms with E-state index >= 15 is 0 Å². The average Bonchev–Trinajstić information content (AvgIpc) is 2.93. The highest BCUT2D eigenvalue weighted by atomic mass is 32.2. The van der Waals surface area contributed by atoms with Crippen molar-refractivity contribution < 1.29 is 23.1 Å². The molecule has 1 rings (SSSR count). The normalized spacial score (nSPS) is 17.0. The van der Waals surface area contributed by atoms with Gasteiger partial charge in [-0.15, -0.1) is 0 Å². The van der Waals surface area contributed by atoms with E-state index in [9.17, 15) is 18.0 Å². The number of hydrogen-bond donors (Lipinski definition) is 1. The molecule has 0 aromatic rings. The monoisotopic (exact) mass is 305 g/mol. The largest absolute Gasteiger partial charge is 0.481 e. The zero-order valence-electron chi connectivity index (χ0n) is 12.3. The van der Waals surface area contributed by atoms with Crippen LogP contribution in [0.3, 0.4) is 0 Å². The van der Waals surface area contributed by atoms with Crippen molar-refractivity contribution in [2.75, 3.05) is 18.6 Å². The van der Waals surface area contributed by atoms with Gasteiger partial charge in [0.15, 0.2) is 0 Å². The molecule has 0 bridgehead atoms. The van der Waals surface area contributed by atoms with Gasteiger partial charge in [0.2, 0.25) is 5.91 Å². The third kappa shape index (κ3) is 5.48. The summed E-state index contributed by atoms with van der Waals surface area (Å²) in [5, 5.41) is 8.71. The van der Waals surface area contributed by atoms with Gasteiger partial charge in [0.05, 0.1) is 12.2 Å². The van der Waals surface area contributed by atoms with E-state index in [-0.39, 0.29) is 37.1 Å². The van der Waals surface area contributed by atoms with E-state index in [4.69, 9.17) is 5.11 Å². The summed E-state index contributed by atoms with van der Waals surface area (Å²) < 4.78 is 22.8. The molecular weight excluding hydrogens is 282 g/mol. The molecule has 0 saturated heterocycles. The first-order valence-electron chi connectivity index (χ1n) is 6.74. The van der Waals surface area contributed by atoms with Gasteiger partial charge in [0.25, 0.3) is 0 Å². The molecule has 20 heavy (non-hydrogen) atoms. The van der Waals surface area contributed by atoms with Crippen LogP contribution in [0.1, 0.15) is 39.5 Å². The fourth-order valence-electron chi connectivity index (χ4n) is 2.41. The minimum atomic E-state index is -3.10. The van der Waals surface area contributed by atoms with Crippen LogP contribution in [0, 0.1) is 5.41 Å². The molecule has 6 nitrogen and oxygen atoms in total. The van der Waals surface area contributed by atoms with E-state index in [2.05, 4.69) is 0 Å². The number of aliphatic carboxylic acids is 1. The molecule has 0 heterocycles. The van der Waals surface area contributed by atoms with Crippen molar-refractivity contribution in [2.24, 2.45) is 5.41 Å². The predicted molar refractivity (Wildman–Crippen MR) is 75.1 cm³/mol. The molecule has 7 heteroatoms. The van der Waals surface area contributed by atoms with Gasteiger partial charge in [0, 0.05) is 25.3 Å². The molecule has 1 fully saturated rings. The Labute approximate surface area is 120 Å². The maximum atomic E-state index is 12.3. The van der Waals surface area contributed by atoms with Crippen LogP contribution in [-0.2, 0) is 19.4 Å². The van der Waals surface area contributed by atoms with E-state index in [1.54, 1.807) is 0 Å². The maximum absolute atomic E-state index is 12.3. The first kappa shape index (κ1) is 16.9. The van der Waals surface area contributed by atoms with Crippen LogP contribution in [0.4, 0.5) is 0 Å². The number of carboxylic acids is 1. The molecule has 1 aliphatic rings. The van der Waals surface area contributed by atoms with E-state index < -0.39 is 21.2 Å². The van der Waals surface area contributed by atoms with Gasteiger partial charge in [-0.25, -0.2) is 8.42 Å². The first-order valence-corrected chi connectivity index (χ1v) is 8.80. The molecule has 0 spiro atoms. The lowest BCUT2D eigenvalue weighted by molar-refractivity contribution is -0.139. The van der Waals surface area contributed by atoms with Crippen molar-refractivity contribution in [3.05, 3.63) is 0 Å². The Kier molecular flexibility index (Phi) is 5.18. The van der Waals surface area contributed by atoms with Gasteiger partial charge >= 0.3 is 5.97 Å². The van der Waals surface area contributed by atoms with Gasteiger partial charge in [-0.3, -0.25) is 9.59 Å².